The Morgan fingerprint density at radius 1 is 1.11 bits per heavy atom. The van der Waals surface area contributed by atoms with E-state index in [0.29, 0.717) is 11.0 Å². The lowest BCUT2D eigenvalue weighted by Gasteiger charge is -2.10. The second-order valence-corrected chi connectivity index (χ2v) is 7.29. The van der Waals surface area contributed by atoms with Crippen LogP contribution >= 0.6 is 0 Å². The molecule has 3 rings (SSSR count). The summed E-state index contributed by atoms with van der Waals surface area (Å²) in [5.41, 5.74) is 1.27. The number of anilines is 1. The summed E-state index contributed by atoms with van der Waals surface area (Å²) in [7, 11) is -4.42. The highest BCUT2D eigenvalue weighted by molar-refractivity contribution is 7.89. The van der Waals surface area contributed by atoms with Crippen molar-refractivity contribution < 1.29 is 26.4 Å². The van der Waals surface area contributed by atoms with Gasteiger partial charge in [0.1, 0.15) is 6.54 Å². The Labute approximate surface area is 151 Å². The Kier molecular flexibility index (Phi) is 4.89. The quantitative estimate of drug-likeness (QED) is 0.615. The number of carbonyl (C=O) groups excluding carboxylic acids is 1. The van der Waals surface area contributed by atoms with Crippen molar-refractivity contribution in [3.8, 4) is 0 Å². The number of aromatic nitrogens is 2. The number of para-hydroxylation sites is 2. The number of benzene rings is 2. The molecule has 11 heteroatoms. The van der Waals surface area contributed by atoms with Crippen LogP contribution in [0.2, 0.25) is 0 Å². The summed E-state index contributed by atoms with van der Waals surface area (Å²) in [5.74, 6) is -0.508. The van der Waals surface area contributed by atoms with Gasteiger partial charge in [0, 0.05) is 5.56 Å². The van der Waals surface area contributed by atoms with Gasteiger partial charge in [-0.15, -0.1) is 0 Å². The van der Waals surface area contributed by atoms with E-state index >= 15 is 0 Å². The van der Waals surface area contributed by atoms with Gasteiger partial charge in [-0.3, -0.25) is 10.1 Å². The molecule has 1 heterocycles. The molecule has 3 N–H and O–H groups in total. The third-order valence-corrected chi connectivity index (χ3v) is 4.89. The predicted octanol–water partition coefficient (Wildman–Crippen LogP) is 2.66. The van der Waals surface area contributed by atoms with E-state index in [2.05, 4.69) is 15.3 Å². The second-order valence-electron chi connectivity index (χ2n) is 5.52. The van der Waals surface area contributed by atoms with E-state index in [9.17, 15) is 26.4 Å². The average molecular weight is 398 g/mol. The molecule has 0 radical (unpaired) electrons. The number of hydrogen-bond donors (Lipinski definition) is 3. The summed E-state index contributed by atoms with van der Waals surface area (Å²) in [6.07, 6.45) is -4.69. The zero-order valence-electron chi connectivity index (χ0n) is 13.5. The smallest absolute Gasteiger partial charge is 0.324 e. The van der Waals surface area contributed by atoms with E-state index in [1.165, 1.54) is 16.9 Å². The van der Waals surface area contributed by atoms with E-state index in [0.717, 1.165) is 12.1 Å². The molecule has 1 amide bonds. The lowest BCUT2D eigenvalue weighted by atomic mass is 10.2. The van der Waals surface area contributed by atoms with Crippen molar-refractivity contribution in [1.29, 1.82) is 0 Å². The standard InChI is InChI=1S/C16H13F3N4O3S/c17-16(18,19)9-20-27(25,26)11-5-3-4-10(8-11)14(24)23-15-21-12-6-1-2-7-13(12)22-15/h1-8,20H,9H2,(H2,21,22,23,24). The number of fused-ring (bicyclic) bond motifs is 1. The molecule has 27 heavy (non-hydrogen) atoms. The van der Waals surface area contributed by atoms with Crippen LogP contribution in [-0.2, 0) is 10.0 Å². The van der Waals surface area contributed by atoms with E-state index in [1.807, 2.05) is 0 Å². The first-order chi connectivity index (χ1) is 12.6. The molecule has 0 unspecified atom stereocenters. The minimum atomic E-state index is -4.69. The molecule has 0 spiro atoms. The minimum Gasteiger partial charge on any atom is -0.324 e. The highest BCUT2D eigenvalue weighted by atomic mass is 32.2. The fourth-order valence-electron chi connectivity index (χ4n) is 2.26. The number of hydrogen-bond acceptors (Lipinski definition) is 4. The normalized spacial score (nSPS) is 12.3. The Balaban J connectivity index is 1.79. The number of imidazole rings is 1. The topological polar surface area (TPSA) is 104 Å². The molecular weight excluding hydrogens is 385 g/mol. The van der Waals surface area contributed by atoms with Crippen molar-refractivity contribution in [3.05, 3.63) is 54.1 Å². The summed E-state index contributed by atoms with van der Waals surface area (Å²) in [4.78, 5) is 18.9. The van der Waals surface area contributed by atoms with Crippen molar-refractivity contribution in [2.24, 2.45) is 0 Å². The predicted molar refractivity (Wildman–Crippen MR) is 91.7 cm³/mol. The first-order valence-electron chi connectivity index (χ1n) is 7.57. The number of nitrogens with one attached hydrogen (secondary N) is 3. The van der Waals surface area contributed by atoms with E-state index in [1.54, 1.807) is 24.3 Å². The van der Waals surface area contributed by atoms with Gasteiger partial charge in [-0.1, -0.05) is 18.2 Å². The first kappa shape index (κ1) is 18.9. The molecule has 0 saturated heterocycles. The van der Waals surface area contributed by atoms with Crippen molar-refractivity contribution in [2.45, 2.75) is 11.1 Å². The lowest BCUT2D eigenvalue weighted by Crippen LogP contribution is -2.33. The van der Waals surface area contributed by atoms with E-state index < -0.39 is 33.5 Å². The van der Waals surface area contributed by atoms with Crippen LogP contribution in [0.5, 0.6) is 0 Å². The van der Waals surface area contributed by atoms with Crippen LogP contribution in [0.4, 0.5) is 19.1 Å². The summed E-state index contributed by atoms with van der Waals surface area (Å²) < 4.78 is 62.1. The summed E-state index contributed by atoms with van der Waals surface area (Å²) in [5, 5.41) is 2.48. The van der Waals surface area contributed by atoms with Gasteiger partial charge < -0.3 is 4.98 Å². The van der Waals surface area contributed by atoms with Crippen molar-refractivity contribution in [2.75, 3.05) is 11.9 Å². The number of nitrogens with zero attached hydrogens (tertiary/aromatic N) is 1. The molecule has 1 aromatic heterocycles. The first-order valence-corrected chi connectivity index (χ1v) is 9.05. The highest BCUT2D eigenvalue weighted by Crippen LogP contribution is 2.18. The zero-order valence-corrected chi connectivity index (χ0v) is 14.4. The number of alkyl halides is 3. The summed E-state index contributed by atoms with van der Waals surface area (Å²) >= 11 is 0. The van der Waals surface area contributed by atoms with Crippen LogP contribution in [0.15, 0.2) is 53.4 Å². The van der Waals surface area contributed by atoms with Crippen molar-refractivity contribution in [3.63, 3.8) is 0 Å². The Hall–Kier alpha value is -2.92. The van der Waals surface area contributed by atoms with Crippen LogP contribution in [-0.4, -0.2) is 37.0 Å². The molecule has 142 valence electrons. The molecule has 0 aliphatic carbocycles. The van der Waals surface area contributed by atoms with E-state index in [4.69, 9.17) is 0 Å². The van der Waals surface area contributed by atoms with Gasteiger partial charge in [-0.25, -0.2) is 18.1 Å². The Morgan fingerprint density at radius 2 is 1.85 bits per heavy atom. The fourth-order valence-corrected chi connectivity index (χ4v) is 3.32. The van der Waals surface area contributed by atoms with Gasteiger partial charge in [0.2, 0.25) is 16.0 Å². The van der Waals surface area contributed by atoms with Gasteiger partial charge in [-0.2, -0.15) is 13.2 Å². The zero-order chi connectivity index (χ0) is 19.7. The van der Waals surface area contributed by atoms with E-state index in [-0.39, 0.29) is 11.5 Å². The van der Waals surface area contributed by atoms with Crippen LogP contribution in [0.1, 0.15) is 10.4 Å². The van der Waals surface area contributed by atoms with Gasteiger partial charge in [0.15, 0.2) is 0 Å². The molecule has 2 aromatic carbocycles. The molecule has 0 fully saturated rings. The monoisotopic (exact) mass is 398 g/mol. The van der Waals surface area contributed by atoms with Crippen LogP contribution < -0.4 is 10.0 Å². The number of amides is 1. The van der Waals surface area contributed by atoms with Crippen LogP contribution in [0.25, 0.3) is 11.0 Å². The maximum atomic E-state index is 12.3. The maximum absolute atomic E-state index is 12.3. The molecule has 0 saturated carbocycles. The highest BCUT2D eigenvalue weighted by Gasteiger charge is 2.30. The average Bonchev–Trinajstić information content (AvgIpc) is 3.02. The molecule has 0 atom stereocenters. The van der Waals surface area contributed by atoms with Gasteiger partial charge >= 0.3 is 6.18 Å². The minimum absolute atomic E-state index is 0.0506. The summed E-state index contributed by atoms with van der Waals surface area (Å²) in [6.45, 7) is -1.70. The van der Waals surface area contributed by atoms with Gasteiger partial charge in [0.05, 0.1) is 15.9 Å². The number of sulfonamides is 1. The Morgan fingerprint density at radius 3 is 2.56 bits per heavy atom. The molecule has 7 nitrogen and oxygen atoms in total. The lowest BCUT2D eigenvalue weighted by molar-refractivity contribution is -0.121. The van der Waals surface area contributed by atoms with Crippen molar-refractivity contribution >= 4 is 32.9 Å². The SMILES string of the molecule is O=C(Nc1nc2ccccc2[nH]1)c1cccc(S(=O)(=O)NCC(F)(F)F)c1. The molecular formula is C16H13F3N4O3S. The number of rotatable bonds is 5. The number of H-pyrrole nitrogens is 1. The van der Waals surface area contributed by atoms with Crippen LogP contribution in [0.3, 0.4) is 0 Å². The van der Waals surface area contributed by atoms with Crippen LogP contribution in [0, 0.1) is 0 Å². The van der Waals surface area contributed by atoms with Crippen molar-refractivity contribution in [1.82, 2.24) is 14.7 Å². The van der Waals surface area contributed by atoms with Gasteiger partial charge in [0.25, 0.3) is 5.91 Å². The van der Waals surface area contributed by atoms with Gasteiger partial charge in [-0.05, 0) is 30.3 Å². The number of halogens is 3. The third-order valence-electron chi connectivity index (χ3n) is 3.49. The fraction of sp³-hybridized carbons (Fsp3) is 0.125. The molecule has 0 bridgehead atoms. The molecule has 0 aliphatic rings. The summed E-state index contributed by atoms with van der Waals surface area (Å²) in [6, 6.07) is 11.7. The Bertz CT molecular complexity index is 1060. The third kappa shape index (κ3) is 4.63. The maximum Gasteiger partial charge on any atom is 0.402 e. The number of aromatic amines is 1. The molecule has 3 aromatic rings. The largest absolute Gasteiger partial charge is 0.402 e. The second kappa shape index (κ2) is 7.00. The molecule has 0 aliphatic heterocycles. The number of carbonyl (C=O) groups is 1.